The van der Waals surface area contributed by atoms with Crippen molar-refractivity contribution in [3.8, 4) is 11.8 Å². The Hall–Kier alpha value is -3.91. The number of H-pyrrole nitrogens is 1. The van der Waals surface area contributed by atoms with Crippen LogP contribution in [0.2, 0.25) is 5.02 Å². The van der Waals surface area contributed by atoms with Crippen molar-refractivity contribution < 1.29 is 4.74 Å². The van der Waals surface area contributed by atoms with Gasteiger partial charge < -0.3 is 14.6 Å². The van der Waals surface area contributed by atoms with E-state index in [1.165, 1.54) is 18.0 Å². The molecule has 0 amide bonds. The summed E-state index contributed by atoms with van der Waals surface area (Å²) >= 11 is 5.81. The van der Waals surface area contributed by atoms with Crippen molar-refractivity contribution >= 4 is 28.6 Å². The molecule has 2 aromatic carbocycles. The average molecular weight is 502 g/mol. The van der Waals surface area contributed by atoms with Gasteiger partial charge in [0.05, 0.1) is 34.1 Å². The number of hydrogen-bond donors (Lipinski definition) is 2. The van der Waals surface area contributed by atoms with E-state index in [1.807, 2.05) is 31.3 Å². The largest absolute Gasteiger partial charge is 0.424 e. The summed E-state index contributed by atoms with van der Waals surface area (Å²) < 4.78 is 7.74. The highest BCUT2D eigenvalue weighted by Crippen LogP contribution is 2.24. The molecular weight excluding hydrogens is 474 g/mol. The van der Waals surface area contributed by atoms with Gasteiger partial charge in [-0.25, -0.2) is 15.0 Å². The number of benzene rings is 2. The highest BCUT2D eigenvalue weighted by Gasteiger charge is 2.17. The lowest BCUT2D eigenvalue weighted by atomic mass is 9.92. The van der Waals surface area contributed by atoms with E-state index in [4.69, 9.17) is 21.3 Å². The first-order valence-electron chi connectivity index (χ1n) is 11.7. The summed E-state index contributed by atoms with van der Waals surface area (Å²) in [6.07, 6.45) is 3.80. The third kappa shape index (κ3) is 5.33. The third-order valence-electron chi connectivity index (χ3n) is 5.92. The van der Waals surface area contributed by atoms with Gasteiger partial charge in [0, 0.05) is 31.1 Å². The molecule has 0 aliphatic heterocycles. The van der Waals surface area contributed by atoms with Crippen LogP contribution in [0.15, 0.2) is 60.9 Å². The molecule has 9 heteroatoms. The molecule has 8 nitrogen and oxygen atoms in total. The van der Waals surface area contributed by atoms with Gasteiger partial charge >= 0.3 is 6.01 Å². The summed E-state index contributed by atoms with van der Waals surface area (Å²) in [4.78, 5) is 12.9. The van der Waals surface area contributed by atoms with Crippen molar-refractivity contribution in [1.29, 1.82) is 0 Å². The van der Waals surface area contributed by atoms with Crippen molar-refractivity contribution in [3.63, 3.8) is 0 Å². The lowest BCUT2D eigenvalue weighted by Gasteiger charge is -2.13. The quantitative estimate of drug-likeness (QED) is 0.282. The van der Waals surface area contributed by atoms with Crippen molar-refractivity contribution in [3.05, 3.63) is 88.5 Å². The molecule has 0 aliphatic carbocycles. The minimum atomic E-state index is 0.0276. The third-order valence-corrected chi connectivity index (χ3v) is 6.11. The van der Waals surface area contributed by atoms with Crippen LogP contribution in [0.1, 0.15) is 43.3 Å². The van der Waals surface area contributed by atoms with Gasteiger partial charge in [-0.1, -0.05) is 50.6 Å². The Morgan fingerprint density at radius 2 is 1.72 bits per heavy atom. The van der Waals surface area contributed by atoms with Crippen LogP contribution in [0, 0.1) is 0 Å². The molecule has 0 unspecified atom stereocenters. The van der Waals surface area contributed by atoms with Crippen molar-refractivity contribution in [2.75, 3.05) is 5.32 Å². The molecule has 5 aromatic rings. The minimum Gasteiger partial charge on any atom is -0.424 e. The van der Waals surface area contributed by atoms with Crippen LogP contribution >= 0.6 is 11.6 Å². The van der Waals surface area contributed by atoms with Gasteiger partial charge in [0.15, 0.2) is 0 Å². The standard InChI is InChI=1S/C27H28ClN7O/c1-27(2,3)24-13-20(33-34-24)11-18-7-10-22-23(12-18)35(4)25(32-22)29-14-17-5-8-21(9-6-17)36-26-30-15-19(28)16-31-26/h5-10,12-13,15-16H,11,14H2,1-4H3,(H,29,32)(H,33,34). The monoisotopic (exact) mass is 501 g/mol. The van der Waals surface area contributed by atoms with Crippen LogP contribution in [0.4, 0.5) is 5.95 Å². The fourth-order valence-electron chi connectivity index (χ4n) is 3.87. The van der Waals surface area contributed by atoms with Gasteiger partial charge in [-0.2, -0.15) is 5.10 Å². The van der Waals surface area contributed by atoms with Gasteiger partial charge in [0.25, 0.3) is 0 Å². The molecule has 0 bridgehead atoms. The first kappa shape index (κ1) is 23.8. The molecule has 184 valence electrons. The summed E-state index contributed by atoms with van der Waals surface area (Å²) in [5, 5.41) is 11.6. The minimum absolute atomic E-state index is 0.0276. The van der Waals surface area contributed by atoms with E-state index in [-0.39, 0.29) is 11.4 Å². The lowest BCUT2D eigenvalue weighted by molar-refractivity contribution is 0.441. The number of aryl methyl sites for hydroxylation is 1. The molecule has 3 aromatic heterocycles. The zero-order valence-corrected chi connectivity index (χ0v) is 21.5. The van der Waals surface area contributed by atoms with Gasteiger partial charge in [0.2, 0.25) is 5.95 Å². The number of anilines is 1. The maximum atomic E-state index is 5.81. The van der Waals surface area contributed by atoms with Gasteiger partial charge in [-0.15, -0.1) is 0 Å². The molecule has 2 N–H and O–H groups in total. The maximum Gasteiger partial charge on any atom is 0.321 e. The number of rotatable bonds is 7. The van der Waals surface area contributed by atoms with Gasteiger partial charge in [-0.05, 0) is 41.5 Å². The van der Waals surface area contributed by atoms with E-state index < -0.39 is 0 Å². The number of hydrogen-bond acceptors (Lipinski definition) is 6. The number of fused-ring (bicyclic) bond motifs is 1. The summed E-state index contributed by atoms with van der Waals surface area (Å²) in [6.45, 7) is 7.14. The second kappa shape index (κ2) is 9.62. The molecule has 0 aliphatic rings. The fraction of sp³-hybridized carbons (Fsp3) is 0.259. The Morgan fingerprint density at radius 3 is 2.42 bits per heavy atom. The van der Waals surface area contributed by atoms with E-state index in [0.29, 0.717) is 17.3 Å². The Kier molecular flexibility index (Phi) is 6.36. The highest BCUT2D eigenvalue weighted by atomic mass is 35.5. The lowest BCUT2D eigenvalue weighted by Crippen LogP contribution is -2.11. The predicted octanol–water partition coefficient (Wildman–Crippen LogP) is 6.03. The van der Waals surface area contributed by atoms with Crippen molar-refractivity contribution in [1.82, 2.24) is 29.7 Å². The molecule has 36 heavy (non-hydrogen) atoms. The second-order valence-corrected chi connectivity index (χ2v) is 10.2. The van der Waals surface area contributed by atoms with E-state index in [0.717, 1.165) is 40.4 Å². The first-order valence-corrected chi connectivity index (χ1v) is 12.1. The highest BCUT2D eigenvalue weighted by molar-refractivity contribution is 6.30. The molecule has 5 rings (SSSR count). The Morgan fingerprint density at radius 1 is 1.00 bits per heavy atom. The van der Waals surface area contributed by atoms with Gasteiger partial charge in [-0.3, -0.25) is 5.10 Å². The number of halogens is 1. The van der Waals surface area contributed by atoms with Crippen molar-refractivity contribution in [2.24, 2.45) is 7.05 Å². The number of imidazole rings is 1. The van der Waals surface area contributed by atoms with Crippen LogP contribution in [0.25, 0.3) is 11.0 Å². The molecule has 0 spiro atoms. The van der Waals surface area contributed by atoms with E-state index >= 15 is 0 Å². The zero-order chi connectivity index (χ0) is 25.3. The fourth-order valence-corrected chi connectivity index (χ4v) is 3.97. The summed E-state index contributed by atoms with van der Waals surface area (Å²) in [7, 11) is 2.03. The maximum absolute atomic E-state index is 5.81. The Balaban J connectivity index is 1.24. The Bertz CT molecular complexity index is 1480. The van der Waals surface area contributed by atoms with Crippen LogP contribution in [-0.2, 0) is 25.4 Å². The molecule has 0 fully saturated rings. The van der Waals surface area contributed by atoms with E-state index in [9.17, 15) is 0 Å². The number of nitrogens with zero attached hydrogens (tertiary/aromatic N) is 5. The second-order valence-electron chi connectivity index (χ2n) is 9.81. The summed E-state index contributed by atoms with van der Waals surface area (Å²) in [6, 6.07) is 16.6. The number of nitrogens with one attached hydrogen (secondary N) is 2. The molecule has 0 saturated heterocycles. The van der Waals surface area contributed by atoms with E-state index in [1.54, 1.807) is 0 Å². The van der Waals surface area contributed by atoms with E-state index in [2.05, 4.69) is 75.1 Å². The molecular formula is C27H28ClN7O. The summed E-state index contributed by atoms with van der Waals surface area (Å²) in [5.74, 6) is 1.47. The van der Waals surface area contributed by atoms with Crippen LogP contribution in [-0.4, -0.2) is 29.7 Å². The predicted molar refractivity (Wildman–Crippen MR) is 142 cm³/mol. The van der Waals surface area contributed by atoms with Gasteiger partial charge in [0.1, 0.15) is 5.75 Å². The number of aromatic nitrogens is 6. The topological polar surface area (TPSA) is 93.5 Å². The van der Waals surface area contributed by atoms with Crippen LogP contribution < -0.4 is 10.1 Å². The number of ether oxygens (including phenoxy) is 1. The molecule has 0 radical (unpaired) electrons. The van der Waals surface area contributed by atoms with Crippen molar-refractivity contribution in [2.45, 2.75) is 39.2 Å². The molecule has 3 heterocycles. The van der Waals surface area contributed by atoms with Crippen LogP contribution in [0.5, 0.6) is 11.8 Å². The SMILES string of the molecule is Cn1c(NCc2ccc(Oc3ncc(Cl)cn3)cc2)nc2ccc(Cc3cc(C(C)(C)C)n[nH]3)cc21. The Labute approximate surface area is 214 Å². The number of aromatic amines is 1. The molecule has 0 saturated carbocycles. The summed E-state index contributed by atoms with van der Waals surface area (Å²) in [5.41, 5.74) is 6.55. The smallest absolute Gasteiger partial charge is 0.321 e. The normalized spacial score (nSPS) is 11.7. The molecule has 0 atom stereocenters. The average Bonchev–Trinajstić information content (AvgIpc) is 3.45. The first-order chi connectivity index (χ1) is 17.2. The zero-order valence-electron chi connectivity index (χ0n) is 20.7. The van der Waals surface area contributed by atoms with Crippen LogP contribution in [0.3, 0.4) is 0 Å².